The lowest BCUT2D eigenvalue weighted by Crippen LogP contribution is -2.55. The van der Waals surface area contributed by atoms with Gasteiger partial charge in [-0.2, -0.15) is 4.39 Å². The van der Waals surface area contributed by atoms with Gasteiger partial charge in [-0.25, -0.2) is 9.78 Å². The number of ether oxygens (including phenoxy) is 2. The van der Waals surface area contributed by atoms with Crippen LogP contribution in [-0.4, -0.2) is 40.8 Å². The second kappa shape index (κ2) is 6.34. The van der Waals surface area contributed by atoms with Crippen LogP contribution in [0.2, 0.25) is 0 Å². The Morgan fingerprint density at radius 2 is 2.32 bits per heavy atom. The smallest absolute Gasteiger partial charge is 0.410 e. The largest absolute Gasteiger partial charge is 0.490 e. The molecule has 1 aromatic heterocycles. The van der Waals surface area contributed by atoms with E-state index in [1.54, 1.807) is 4.90 Å². The van der Waals surface area contributed by atoms with Crippen molar-refractivity contribution >= 4 is 12.2 Å². The first-order chi connectivity index (χ1) is 10.3. The van der Waals surface area contributed by atoms with Crippen molar-refractivity contribution in [2.24, 2.45) is 0 Å². The molecule has 1 amide bonds. The molecule has 0 N–H and O–H groups in total. The molecule has 2 rings (SSSR count). The third-order valence-corrected chi connectivity index (χ3v) is 3.28. The summed E-state index contributed by atoms with van der Waals surface area (Å²) in [6.45, 7) is 9.99. The van der Waals surface area contributed by atoms with Crippen molar-refractivity contribution in [2.75, 3.05) is 13.2 Å². The van der Waals surface area contributed by atoms with Crippen LogP contribution < -0.4 is 4.74 Å². The zero-order chi connectivity index (χ0) is 16.3. The average Bonchev–Trinajstić information content (AvgIpc) is 2.37. The van der Waals surface area contributed by atoms with Gasteiger partial charge in [-0.05, 0) is 33.3 Å². The standard InChI is InChI=1S/C16H21FN2O3/c1-5-11-8-13(9-18-14(11)17)21-10-12-6-7-19(12)15(20)22-16(2,3)4/h5,8-9,12H,1,6-7,10H2,2-4H3/t12-/m1/s1. The molecule has 6 heteroatoms. The summed E-state index contributed by atoms with van der Waals surface area (Å²) >= 11 is 0. The van der Waals surface area contributed by atoms with E-state index in [9.17, 15) is 9.18 Å². The van der Waals surface area contributed by atoms with Gasteiger partial charge < -0.3 is 14.4 Å². The van der Waals surface area contributed by atoms with E-state index < -0.39 is 11.5 Å². The predicted octanol–water partition coefficient (Wildman–Crippen LogP) is 3.25. The second-order valence-corrected chi connectivity index (χ2v) is 6.18. The van der Waals surface area contributed by atoms with Crippen LogP contribution in [-0.2, 0) is 4.74 Å². The third kappa shape index (κ3) is 3.96. The maximum atomic E-state index is 13.3. The molecule has 0 radical (unpaired) electrons. The summed E-state index contributed by atoms with van der Waals surface area (Å²) in [5, 5.41) is 0. The van der Waals surface area contributed by atoms with Gasteiger partial charge in [0.2, 0.25) is 5.95 Å². The number of nitrogens with zero attached hydrogens (tertiary/aromatic N) is 2. The molecule has 0 spiro atoms. The summed E-state index contributed by atoms with van der Waals surface area (Å²) in [6, 6.07) is 1.50. The Bertz CT molecular complexity index is 569. The number of likely N-dealkylation sites (tertiary alicyclic amines) is 1. The van der Waals surface area contributed by atoms with Gasteiger partial charge in [-0.15, -0.1) is 0 Å². The number of hydrogen-bond acceptors (Lipinski definition) is 4. The molecule has 22 heavy (non-hydrogen) atoms. The summed E-state index contributed by atoms with van der Waals surface area (Å²) < 4.78 is 24.2. The average molecular weight is 308 g/mol. The van der Waals surface area contributed by atoms with Gasteiger partial charge in [0.1, 0.15) is 18.0 Å². The highest BCUT2D eigenvalue weighted by Gasteiger charge is 2.35. The molecule has 2 heterocycles. The summed E-state index contributed by atoms with van der Waals surface area (Å²) in [5.41, 5.74) is -0.229. The maximum absolute atomic E-state index is 13.3. The molecule has 1 aliphatic heterocycles. The van der Waals surface area contributed by atoms with Gasteiger partial charge >= 0.3 is 6.09 Å². The van der Waals surface area contributed by atoms with Crippen molar-refractivity contribution in [2.45, 2.75) is 38.8 Å². The normalized spacial score (nSPS) is 17.6. The van der Waals surface area contributed by atoms with E-state index in [-0.39, 0.29) is 17.7 Å². The Morgan fingerprint density at radius 1 is 1.59 bits per heavy atom. The minimum absolute atomic E-state index is 0.0351. The Labute approximate surface area is 129 Å². The zero-order valence-electron chi connectivity index (χ0n) is 13.1. The molecular weight excluding hydrogens is 287 g/mol. The fourth-order valence-electron chi connectivity index (χ4n) is 2.03. The monoisotopic (exact) mass is 308 g/mol. The van der Waals surface area contributed by atoms with Crippen LogP contribution in [0.4, 0.5) is 9.18 Å². The summed E-state index contributed by atoms with van der Waals surface area (Å²) in [7, 11) is 0. The molecular formula is C16H21FN2O3. The summed E-state index contributed by atoms with van der Waals surface area (Å²) in [4.78, 5) is 17.2. The van der Waals surface area contributed by atoms with Gasteiger partial charge in [0.25, 0.3) is 0 Å². The van der Waals surface area contributed by atoms with E-state index in [0.717, 1.165) is 6.42 Å². The lowest BCUT2D eigenvalue weighted by molar-refractivity contribution is -0.0141. The first-order valence-electron chi connectivity index (χ1n) is 7.20. The van der Waals surface area contributed by atoms with Crippen LogP contribution in [0.1, 0.15) is 32.8 Å². The predicted molar refractivity (Wildman–Crippen MR) is 81.1 cm³/mol. The summed E-state index contributed by atoms with van der Waals surface area (Å²) in [5.74, 6) is -0.131. The molecule has 0 aliphatic carbocycles. The quantitative estimate of drug-likeness (QED) is 0.801. The lowest BCUT2D eigenvalue weighted by atomic mass is 10.1. The topological polar surface area (TPSA) is 51.7 Å². The van der Waals surface area contributed by atoms with Gasteiger partial charge in [0.15, 0.2) is 0 Å². The van der Waals surface area contributed by atoms with Crippen molar-refractivity contribution < 1.29 is 18.7 Å². The number of aromatic nitrogens is 1. The van der Waals surface area contributed by atoms with E-state index in [1.807, 2.05) is 20.8 Å². The highest BCUT2D eigenvalue weighted by molar-refractivity contribution is 5.69. The van der Waals surface area contributed by atoms with Crippen LogP contribution in [0.3, 0.4) is 0 Å². The number of rotatable bonds is 4. The first kappa shape index (κ1) is 16.3. The number of carbonyl (C=O) groups excluding carboxylic acids is 1. The molecule has 1 fully saturated rings. The van der Waals surface area contributed by atoms with Crippen molar-refractivity contribution in [3.63, 3.8) is 0 Å². The Morgan fingerprint density at radius 3 is 2.86 bits per heavy atom. The SMILES string of the molecule is C=Cc1cc(OC[C@H]2CCN2C(=O)OC(C)(C)C)cnc1F. The van der Waals surface area contributed by atoms with E-state index in [4.69, 9.17) is 9.47 Å². The third-order valence-electron chi connectivity index (χ3n) is 3.28. The molecule has 1 aromatic rings. The highest BCUT2D eigenvalue weighted by atomic mass is 19.1. The number of pyridine rings is 1. The Balaban J connectivity index is 1.89. The van der Waals surface area contributed by atoms with E-state index in [0.29, 0.717) is 18.9 Å². The van der Waals surface area contributed by atoms with Crippen LogP contribution in [0.5, 0.6) is 5.75 Å². The second-order valence-electron chi connectivity index (χ2n) is 6.18. The van der Waals surface area contributed by atoms with Crippen LogP contribution >= 0.6 is 0 Å². The molecule has 120 valence electrons. The minimum Gasteiger partial charge on any atom is -0.490 e. The van der Waals surface area contributed by atoms with E-state index in [2.05, 4.69) is 11.6 Å². The van der Waals surface area contributed by atoms with Gasteiger partial charge in [-0.1, -0.05) is 12.7 Å². The number of hydrogen-bond donors (Lipinski definition) is 0. The molecule has 1 saturated heterocycles. The Kier molecular flexibility index (Phi) is 4.68. The van der Waals surface area contributed by atoms with Gasteiger partial charge in [0.05, 0.1) is 12.2 Å². The minimum atomic E-state index is -0.582. The molecule has 0 aromatic carbocycles. The Hall–Kier alpha value is -2.11. The van der Waals surface area contributed by atoms with Crippen molar-refractivity contribution in [1.82, 2.24) is 9.88 Å². The van der Waals surface area contributed by atoms with Crippen LogP contribution in [0.15, 0.2) is 18.8 Å². The fraction of sp³-hybridized carbons (Fsp3) is 0.500. The highest BCUT2D eigenvalue weighted by Crippen LogP contribution is 2.23. The molecule has 0 unspecified atom stereocenters. The maximum Gasteiger partial charge on any atom is 0.410 e. The van der Waals surface area contributed by atoms with Crippen molar-refractivity contribution in [3.05, 3.63) is 30.4 Å². The molecule has 1 aliphatic rings. The van der Waals surface area contributed by atoms with E-state index in [1.165, 1.54) is 18.3 Å². The molecule has 5 nitrogen and oxygen atoms in total. The number of halogens is 1. The lowest BCUT2D eigenvalue weighted by Gasteiger charge is -2.40. The van der Waals surface area contributed by atoms with Gasteiger partial charge in [0, 0.05) is 12.1 Å². The van der Waals surface area contributed by atoms with Gasteiger partial charge in [-0.3, -0.25) is 0 Å². The number of carbonyl (C=O) groups is 1. The van der Waals surface area contributed by atoms with Crippen LogP contribution in [0.25, 0.3) is 6.08 Å². The van der Waals surface area contributed by atoms with Crippen molar-refractivity contribution in [3.8, 4) is 5.75 Å². The molecule has 1 atom stereocenters. The van der Waals surface area contributed by atoms with E-state index >= 15 is 0 Å². The zero-order valence-corrected chi connectivity index (χ0v) is 13.1. The molecule has 0 bridgehead atoms. The van der Waals surface area contributed by atoms with Crippen molar-refractivity contribution in [1.29, 1.82) is 0 Å². The fourth-order valence-corrected chi connectivity index (χ4v) is 2.03. The van der Waals surface area contributed by atoms with Crippen LogP contribution in [0, 0.1) is 5.95 Å². The first-order valence-corrected chi connectivity index (χ1v) is 7.20. The molecule has 0 saturated carbocycles. The number of amides is 1. The summed E-state index contributed by atoms with van der Waals surface area (Å²) in [6.07, 6.45) is 3.21.